The van der Waals surface area contributed by atoms with Gasteiger partial charge in [-0.1, -0.05) is 18.2 Å². The fourth-order valence-corrected chi connectivity index (χ4v) is 4.52. The molecule has 1 N–H and O–H groups in total. The molecule has 2 aliphatic heterocycles. The quantitative estimate of drug-likeness (QED) is 0.507. The van der Waals surface area contributed by atoms with Gasteiger partial charge in [-0.05, 0) is 54.2 Å². The molecule has 3 heterocycles. The number of amides is 1. The van der Waals surface area contributed by atoms with E-state index < -0.39 is 5.97 Å². The van der Waals surface area contributed by atoms with Gasteiger partial charge in [0.15, 0.2) is 12.4 Å². The van der Waals surface area contributed by atoms with Gasteiger partial charge in [0.25, 0.3) is 0 Å². The van der Waals surface area contributed by atoms with Crippen LogP contribution in [0.15, 0.2) is 42.6 Å². The molecule has 30 heavy (non-hydrogen) atoms. The third kappa shape index (κ3) is 3.28. The standard InChI is InChI=1S/C24H22N2O4/c27-21(17-10-15-4-3-9-26-22(28)12-18(11-17)24(15)26)14-30-23(29)8-7-16-13-25-20-6-2-1-5-19(16)20/h1-2,5-6,10-11,13,25H,3-4,7-9,12,14H2. The third-order valence-electron chi connectivity index (χ3n) is 5.97. The number of H-pyrrole nitrogens is 1. The van der Waals surface area contributed by atoms with E-state index in [0.29, 0.717) is 18.4 Å². The van der Waals surface area contributed by atoms with Gasteiger partial charge in [-0.25, -0.2) is 0 Å². The fourth-order valence-electron chi connectivity index (χ4n) is 4.52. The molecule has 0 bridgehead atoms. The van der Waals surface area contributed by atoms with Crippen LogP contribution < -0.4 is 4.90 Å². The Balaban J connectivity index is 1.21. The number of hydrogen-bond acceptors (Lipinski definition) is 4. The molecule has 2 aromatic carbocycles. The number of nitrogens with zero attached hydrogens (tertiary/aromatic N) is 1. The van der Waals surface area contributed by atoms with Gasteiger partial charge in [-0.3, -0.25) is 14.4 Å². The van der Waals surface area contributed by atoms with Crippen LogP contribution in [0.5, 0.6) is 0 Å². The number of carbonyl (C=O) groups is 3. The molecule has 0 fully saturated rings. The zero-order valence-electron chi connectivity index (χ0n) is 16.6. The summed E-state index contributed by atoms with van der Waals surface area (Å²) < 4.78 is 5.24. The number of anilines is 1. The van der Waals surface area contributed by atoms with Gasteiger partial charge < -0.3 is 14.6 Å². The minimum atomic E-state index is -0.391. The van der Waals surface area contributed by atoms with Crippen molar-refractivity contribution in [2.45, 2.75) is 32.1 Å². The van der Waals surface area contributed by atoms with Gasteiger partial charge in [0, 0.05) is 35.6 Å². The first kappa shape index (κ1) is 18.6. The van der Waals surface area contributed by atoms with Crippen LogP contribution >= 0.6 is 0 Å². The Morgan fingerprint density at radius 2 is 1.97 bits per heavy atom. The Morgan fingerprint density at radius 1 is 1.13 bits per heavy atom. The summed E-state index contributed by atoms with van der Waals surface area (Å²) in [6.45, 7) is 0.475. The van der Waals surface area contributed by atoms with E-state index in [1.165, 1.54) is 0 Å². The predicted molar refractivity (Wildman–Crippen MR) is 113 cm³/mol. The lowest BCUT2D eigenvalue weighted by molar-refractivity contribution is -0.142. The van der Waals surface area contributed by atoms with Crippen molar-refractivity contribution in [1.82, 2.24) is 4.98 Å². The highest BCUT2D eigenvalue weighted by atomic mass is 16.5. The average molecular weight is 402 g/mol. The number of benzene rings is 2. The van der Waals surface area contributed by atoms with Crippen LogP contribution in [0.25, 0.3) is 10.9 Å². The summed E-state index contributed by atoms with van der Waals surface area (Å²) in [5.41, 5.74) is 5.54. The summed E-state index contributed by atoms with van der Waals surface area (Å²) in [6, 6.07) is 11.6. The summed E-state index contributed by atoms with van der Waals surface area (Å²) in [4.78, 5) is 42.0. The molecule has 0 atom stereocenters. The second kappa shape index (κ2) is 7.44. The first-order valence-electron chi connectivity index (χ1n) is 10.3. The molecule has 0 spiro atoms. The molecule has 6 nitrogen and oxygen atoms in total. The average Bonchev–Trinajstić information content (AvgIpc) is 3.32. The summed E-state index contributed by atoms with van der Waals surface area (Å²) >= 11 is 0. The highest BCUT2D eigenvalue weighted by Crippen LogP contribution is 2.37. The van der Waals surface area contributed by atoms with Crippen LogP contribution in [-0.2, 0) is 33.6 Å². The van der Waals surface area contributed by atoms with Crippen molar-refractivity contribution in [3.8, 4) is 0 Å². The molecular weight excluding hydrogens is 380 g/mol. The highest BCUT2D eigenvalue weighted by molar-refractivity contribution is 6.05. The third-order valence-corrected chi connectivity index (χ3v) is 5.97. The number of rotatable bonds is 6. The molecule has 6 heteroatoms. The van der Waals surface area contributed by atoms with Crippen molar-refractivity contribution >= 4 is 34.3 Å². The van der Waals surface area contributed by atoms with Gasteiger partial charge >= 0.3 is 5.97 Å². The predicted octanol–water partition coefficient (Wildman–Crippen LogP) is 3.36. The maximum absolute atomic E-state index is 12.6. The Bertz CT molecular complexity index is 1180. The number of carbonyl (C=O) groups excluding carboxylic acids is 3. The van der Waals surface area contributed by atoms with Crippen LogP contribution in [0, 0.1) is 0 Å². The normalized spacial score (nSPS) is 14.8. The number of aryl methyl sites for hydroxylation is 2. The largest absolute Gasteiger partial charge is 0.457 e. The molecule has 5 rings (SSSR count). The Morgan fingerprint density at radius 3 is 2.87 bits per heavy atom. The van der Waals surface area contributed by atoms with Crippen molar-refractivity contribution < 1.29 is 19.1 Å². The summed E-state index contributed by atoms with van der Waals surface area (Å²) in [7, 11) is 0. The molecule has 0 saturated carbocycles. The van der Waals surface area contributed by atoms with E-state index in [1.807, 2.05) is 41.4 Å². The number of nitrogens with one attached hydrogen (secondary N) is 1. The van der Waals surface area contributed by atoms with E-state index in [9.17, 15) is 14.4 Å². The number of ether oxygens (including phenoxy) is 1. The van der Waals surface area contributed by atoms with E-state index in [-0.39, 0.29) is 24.7 Å². The van der Waals surface area contributed by atoms with Gasteiger partial charge in [0.1, 0.15) is 0 Å². The monoisotopic (exact) mass is 402 g/mol. The molecule has 0 radical (unpaired) electrons. The molecule has 0 saturated heterocycles. The number of ketones is 1. The number of hydrogen-bond donors (Lipinski definition) is 1. The number of aromatic amines is 1. The van der Waals surface area contributed by atoms with Crippen molar-refractivity contribution in [3.63, 3.8) is 0 Å². The van der Waals surface area contributed by atoms with Crippen LogP contribution in [0.3, 0.4) is 0 Å². The minimum absolute atomic E-state index is 0.0965. The molecule has 2 aliphatic rings. The number of para-hydroxylation sites is 1. The van der Waals surface area contributed by atoms with E-state index in [0.717, 1.165) is 52.7 Å². The number of Topliss-reactive ketones (excluding diaryl/α,β-unsaturated/α-hetero) is 1. The molecule has 1 amide bonds. The Hall–Kier alpha value is -3.41. The Kier molecular flexibility index (Phi) is 4.62. The van der Waals surface area contributed by atoms with E-state index in [1.54, 1.807) is 6.07 Å². The first-order chi connectivity index (χ1) is 14.6. The highest BCUT2D eigenvalue weighted by Gasteiger charge is 2.32. The van der Waals surface area contributed by atoms with Crippen molar-refractivity contribution in [3.05, 3.63) is 64.8 Å². The second-order valence-electron chi connectivity index (χ2n) is 7.91. The molecule has 3 aromatic rings. The van der Waals surface area contributed by atoms with Crippen molar-refractivity contribution in [1.29, 1.82) is 0 Å². The van der Waals surface area contributed by atoms with Gasteiger partial charge in [-0.15, -0.1) is 0 Å². The van der Waals surface area contributed by atoms with Gasteiger partial charge in [0.05, 0.1) is 12.1 Å². The molecular formula is C24H22N2O4. The SMILES string of the molecule is O=C(CCc1c[nH]c2ccccc12)OCC(=O)c1cc2c3c(c1)CC(=O)N3CCC2. The summed E-state index contributed by atoms with van der Waals surface area (Å²) in [5, 5.41) is 1.09. The lowest BCUT2D eigenvalue weighted by Gasteiger charge is -2.25. The zero-order valence-corrected chi connectivity index (χ0v) is 16.6. The van der Waals surface area contributed by atoms with Gasteiger partial charge in [0.2, 0.25) is 5.91 Å². The Labute approximate surface area is 173 Å². The zero-order chi connectivity index (χ0) is 20.7. The fraction of sp³-hybridized carbons (Fsp3) is 0.292. The van der Waals surface area contributed by atoms with Crippen LogP contribution in [0.2, 0.25) is 0 Å². The van der Waals surface area contributed by atoms with E-state index in [4.69, 9.17) is 4.74 Å². The molecule has 0 aliphatic carbocycles. The molecule has 152 valence electrons. The van der Waals surface area contributed by atoms with Crippen molar-refractivity contribution in [2.75, 3.05) is 18.1 Å². The molecule has 0 unspecified atom stereocenters. The lowest BCUT2D eigenvalue weighted by Crippen LogP contribution is -2.31. The topological polar surface area (TPSA) is 79.5 Å². The van der Waals surface area contributed by atoms with E-state index in [2.05, 4.69) is 4.98 Å². The smallest absolute Gasteiger partial charge is 0.306 e. The number of esters is 1. The minimum Gasteiger partial charge on any atom is -0.457 e. The van der Waals surface area contributed by atoms with Crippen molar-refractivity contribution in [2.24, 2.45) is 0 Å². The number of fused-ring (bicyclic) bond motifs is 1. The first-order valence-corrected chi connectivity index (χ1v) is 10.3. The van der Waals surface area contributed by atoms with Crippen LogP contribution in [-0.4, -0.2) is 35.8 Å². The maximum atomic E-state index is 12.6. The maximum Gasteiger partial charge on any atom is 0.306 e. The molecule has 1 aromatic heterocycles. The summed E-state index contributed by atoms with van der Waals surface area (Å²) in [6.07, 6.45) is 4.78. The number of aromatic nitrogens is 1. The van der Waals surface area contributed by atoms with Crippen LogP contribution in [0.4, 0.5) is 5.69 Å². The second-order valence-corrected chi connectivity index (χ2v) is 7.91. The van der Waals surface area contributed by atoms with E-state index >= 15 is 0 Å². The van der Waals surface area contributed by atoms with Crippen LogP contribution in [0.1, 0.15) is 39.9 Å². The summed E-state index contributed by atoms with van der Waals surface area (Å²) in [5.74, 6) is -0.525. The van der Waals surface area contributed by atoms with Gasteiger partial charge in [-0.2, -0.15) is 0 Å². The lowest BCUT2D eigenvalue weighted by atomic mass is 9.95.